The first-order valence-corrected chi connectivity index (χ1v) is 5.76. The van der Waals surface area contributed by atoms with Gasteiger partial charge in [-0.2, -0.15) is 0 Å². The van der Waals surface area contributed by atoms with Gasteiger partial charge < -0.3 is 15.2 Å². The molecular formula is C12H14N4O. The lowest BCUT2D eigenvalue weighted by atomic mass is 10.1. The molecule has 2 N–H and O–H groups in total. The molecule has 5 nitrogen and oxygen atoms in total. The quantitative estimate of drug-likeness (QED) is 0.824. The normalized spacial score (nSPS) is 19.9. The summed E-state index contributed by atoms with van der Waals surface area (Å²) in [6.45, 7) is 3.46. The number of imidazole rings is 1. The van der Waals surface area contributed by atoms with Gasteiger partial charge in [0.25, 0.3) is 0 Å². The molecule has 2 amide bonds. The summed E-state index contributed by atoms with van der Waals surface area (Å²) in [5, 5.41) is 2.98. The van der Waals surface area contributed by atoms with E-state index in [1.807, 2.05) is 30.0 Å². The number of nitrogens with zero attached hydrogens (tertiary/aromatic N) is 2. The Morgan fingerprint density at radius 2 is 2.41 bits per heavy atom. The maximum atomic E-state index is 11.6. The molecule has 17 heavy (non-hydrogen) atoms. The number of nitrogens with one attached hydrogen (secondary N) is 2. The van der Waals surface area contributed by atoms with Crippen LogP contribution in [0.5, 0.6) is 0 Å². The van der Waals surface area contributed by atoms with E-state index in [0.717, 1.165) is 29.7 Å². The van der Waals surface area contributed by atoms with Crippen LogP contribution in [0.2, 0.25) is 0 Å². The molecule has 2 heterocycles. The first-order valence-electron chi connectivity index (χ1n) is 5.76. The van der Waals surface area contributed by atoms with E-state index >= 15 is 0 Å². The first kappa shape index (κ1) is 10.1. The molecule has 0 bridgehead atoms. The van der Waals surface area contributed by atoms with Crippen molar-refractivity contribution < 1.29 is 4.79 Å². The number of carbonyl (C=O) groups excluding carboxylic acids is 1. The van der Waals surface area contributed by atoms with Gasteiger partial charge in [0.05, 0.1) is 23.4 Å². The second-order valence-corrected chi connectivity index (χ2v) is 4.22. The van der Waals surface area contributed by atoms with Crippen LogP contribution in [-0.2, 0) is 0 Å². The number of hydrogen-bond donors (Lipinski definition) is 2. The zero-order valence-corrected chi connectivity index (χ0v) is 9.60. The fraction of sp³-hybridized carbons (Fsp3) is 0.333. The molecule has 5 heteroatoms. The lowest BCUT2D eigenvalue weighted by molar-refractivity contribution is 0.219. The van der Waals surface area contributed by atoms with Crippen molar-refractivity contribution in [1.29, 1.82) is 0 Å². The van der Waals surface area contributed by atoms with Crippen molar-refractivity contribution in [3.05, 3.63) is 30.1 Å². The second-order valence-electron chi connectivity index (χ2n) is 4.22. The Bertz CT molecular complexity index is 562. The van der Waals surface area contributed by atoms with E-state index in [1.54, 1.807) is 6.33 Å². The third kappa shape index (κ3) is 1.63. The van der Waals surface area contributed by atoms with Crippen molar-refractivity contribution in [2.75, 3.05) is 13.1 Å². The highest BCUT2D eigenvalue weighted by molar-refractivity contribution is 5.79. The Hall–Kier alpha value is -2.04. The average molecular weight is 230 g/mol. The lowest BCUT2D eigenvalue weighted by Gasteiger charge is -2.11. The molecule has 1 aliphatic rings. The highest BCUT2D eigenvalue weighted by atomic mass is 16.2. The van der Waals surface area contributed by atoms with Gasteiger partial charge in [-0.3, -0.25) is 0 Å². The molecule has 1 aliphatic heterocycles. The smallest absolute Gasteiger partial charge is 0.318 e. The summed E-state index contributed by atoms with van der Waals surface area (Å²) >= 11 is 0. The van der Waals surface area contributed by atoms with Gasteiger partial charge in [-0.1, -0.05) is 6.07 Å². The largest absolute Gasteiger partial charge is 0.345 e. The SMILES string of the molecule is CCN1CC(c2ccc3nc[nH]c3c2)NC1=O. The summed E-state index contributed by atoms with van der Waals surface area (Å²) in [6.07, 6.45) is 1.68. The number of aromatic amines is 1. The third-order valence-corrected chi connectivity index (χ3v) is 3.22. The van der Waals surface area contributed by atoms with Crippen LogP contribution in [0, 0.1) is 0 Å². The van der Waals surface area contributed by atoms with Crippen molar-refractivity contribution in [2.24, 2.45) is 0 Å². The Kier molecular flexibility index (Phi) is 2.24. The second kappa shape index (κ2) is 3.76. The zero-order valence-electron chi connectivity index (χ0n) is 9.60. The molecular weight excluding hydrogens is 216 g/mol. The summed E-state index contributed by atoms with van der Waals surface area (Å²) in [6, 6.07) is 6.14. The molecule has 88 valence electrons. The summed E-state index contributed by atoms with van der Waals surface area (Å²) in [5.74, 6) is 0. The maximum Gasteiger partial charge on any atom is 0.318 e. The molecule has 1 fully saturated rings. The van der Waals surface area contributed by atoms with Gasteiger partial charge in [-0.25, -0.2) is 9.78 Å². The van der Waals surface area contributed by atoms with E-state index in [0.29, 0.717) is 0 Å². The van der Waals surface area contributed by atoms with Gasteiger partial charge in [0, 0.05) is 13.1 Å². The van der Waals surface area contributed by atoms with Crippen LogP contribution in [0.3, 0.4) is 0 Å². The summed E-state index contributed by atoms with van der Waals surface area (Å²) < 4.78 is 0. The standard InChI is InChI=1S/C12H14N4O/c1-2-16-6-11(15-12(16)17)8-3-4-9-10(5-8)14-7-13-9/h3-5,7,11H,2,6H2,1H3,(H,13,14)(H,15,17). The first-order chi connectivity index (χ1) is 8.28. The van der Waals surface area contributed by atoms with Crippen LogP contribution in [0.4, 0.5) is 4.79 Å². The summed E-state index contributed by atoms with van der Waals surface area (Å²) in [4.78, 5) is 20.7. The topological polar surface area (TPSA) is 61.0 Å². The molecule has 1 atom stereocenters. The highest BCUT2D eigenvalue weighted by Gasteiger charge is 2.28. The molecule has 2 aromatic rings. The van der Waals surface area contributed by atoms with Crippen molar-refractivity contribution in [1.82, 2.24) is 20.2 Å². The summed E-state index contributed by atoms with van der Waals surface area (Å²) in [7, 11) is 0. The maximum absolute atomic E-state index is 11.6. The number of carbonyl (C=O) groups is 1. The van der Waals surface area contributed by atoms with Crippen molar-refractivity contribution in [2.45, 2.75) is 13.0 Å². The predicted molar refractivity (Wildman–Crippen MR) is 64.6 cm³/mol. The van der Waals surface area contributed by atoms with Gasteiger partial charge in [0.15, 0.2) is 0 Å². The number of amides is 2. The molecule has 1 aromatic carbocycles. The molecule has 1 unspecified atom stereocenters. The Labute approximate surface area is 98.8 Å². The van der Waals surface area contributed by atoms with Crippen LogP contribution >= 0.6 is 0 Å². The minimum absolute atomic E-state index is 0.0159. The Balaban J connectivity index is 1.91. The van der Waals surface area contributed by atoms with E-state index < -0.39 is 0 Å². The van der Waals surface area contributed by atoms with E-state index in [1.165, 1.54) is 0 Å². The molecule has 0 spiro atoms. The lowest BCUT2D eigenvalue weighted by Crippen LogP contribution is -2.27. The van der Waals surface area contributed by atoms with Crippen LogP contribution < -0.4 is 5.32 Å². The Morgan fingerprint density at radius 3 is 3.18 bits per heavy atom. The molecule has 0 aliphatic carbocycles. The number of H-pyrrole nitrogens is 1. The van der Waals surface area contributed by atoms with Gasteiger partial charge in [-0.05, 0) is 24.6 Å². The number of benzene rings is 1. The van der Waals surface area contributed by atoms with E-state index in [2.05, 4.69) is 15.3 Å². The molecule has 3 rings (SSSR count). The Morgan fingerprint density at radius 1 is 1.53 bits per heavy atom. The van der Waals surface area contributed by atoms with E-state index in [-0.39, 0.29) is 12.1 Å². The number of hydrogen-bond acceptors (Lipinski definition) is 2. The van der Waals surface area contributed by atoms with Gasteiger partial charge in [0.1, 0.15) is 0 Å². The van der Waals surface area contributed by atoms with E-state index in [9.17, 15) is 4.79 Å². The van der Waals surface area contributed by atoms with Crippen molar-refractivity contribution in [3.8, 4) is 0 Å². The number of fused-ring (bicyclic) bond motifs is 1. The highest BCUT2D eigenvalue weighted by Crippen LogP contribution is 2.22. The number of aromatic nitrogens is 2. The van der Waals surface area contributed by atoms with Crippen molar-refractivity contribution in [3.63, 3.8) is 0 Å². The van der Waals surface area contributed by atoms with Crippen molar-refractivity contribution >= 4 is 17.1 Å². The molecule has 1 aromatic heterocycles. The third-order valence-electron chi connectivity index (χ3n) is 3.22. The van der Waals surface area contributed by atoms with Crippen LogP contribution in [0.1, 0.15) is 18.5 Å². The zero-order chi connectivity index (χ0) is 11.8. The van der Waals surface area contributed by atoms with E-state index in [4.69, 9.17) is 0 Å². The predicted octanol–water partition coefficient (Wildman–Crippen LogP) is 1.65. The summed E-state index contributed by atoms with van der Waals surface area (Å²) in [5.41, 5.74) is 3.07. The molecule has 1 saturated heterocycles. The molecule has 0 saturated carbocycles. The fourth-order valence-electron chi connectivity index (χ4n) is 2.22. The average Bonchev–Trinajstić information content (AvgIpc) is 2.93. The minimum atomic E-state index is 0.0159. The monoisotopic (exact) mass is 230 g/mol. The van der Waals surface area contributed by atoms with Gasteiger partial charge in [0.2, 0.25) is 0 Å². The van der Waals surface area contributed by atoms with Gasteiger partial charge >= 0.3 is 6.03 Å². The fourth-order valence-corrected chi connectivity index (χ4v) is 2.22. The van der Waals surface area contributed by atoms with Crippen LogP contribution in [0.25, 0.3) is 11.0 Å². The number of rotatable bonds is 2. The van der Waals surface area contributed by atoms with Crippen LogP contribution in [0.15, 0.2) is 24.5 Å². The molecule has 0 radical (unpaired) electrons. The number of likely N-dealkylation sites (N-methyl/N-ethyl adjacent to an activating group) is 1. The van der Waals surface area contributed by atoms with Crippen LogP contribution in [-0.4, -0.2) is 34.0 Å². The number of urea groups is 1. The van der Waals surface area contributed by atoms with Gasteiger partial charge in [-0.15, -0.1) is 0 Å². The minimum Gasteiger partial charge on any atom is -0.345 e.